The Hall–Kier alpha value is 0.719. The van der Waals surface area contributed by atoms with Gasteiger partial charge in [0.1, 0.15) is 0 Å². The van der Waals surface area contributed by atoms with Crippen LogP contribution in [0.15, 0.2) is 0 Å². The van der Waals surface area contributed by atoms with Gasteiger partial charge in [-0.1, -0.05) is 0 Å². The Morgan fingerprint density at radius 3 is 1.78 bits per heavy atom. The van der Waals surface area contributed by atoms with Gasteiger partial charge in [-0.3, -0.25) is 0 Å². The van der Waals surface area contributed by atoms with Crippen LogP contribution in [0.2, 0.25) is 0 Å². The molecule has 2 radical (unpaired) electrons. The maximum atomic E-state index is 5.59. The van der Waals surface area contributed by atoms with Gasteiger partial charge in [-0.2, -0.15) is 0 Å². The van der Waals surface area contributed by atoms with Crippen molar-refractivity contribution in [1.29, 1.82) is 0 Å². The van der Waals surface area contributed by atoms with Gasteiger partial charge in [-0.15, -0.1) is 0 Å². The Morgan fingerprint density at radius 1 is 1.22 bits per heavy atom. The van der Waals surface area contributed by atoms with E-state index in [0.29, 0.717) is 0 Å². The quantitative estimate of drug-likeness (QED) is 0.660. The molecule has 0 aromatic carbocycles. The first-order chi connectivity index (χ1) is 3.92. The summed E-state index contributed by atoms with van der Waals surface area (Å²) in [7, 11) is 4.13. The van der Waals surface area contributed by atoms with E-state index >= 15 is 0 Å². The second-order valence-corrected chi connectivity index (χ2v) is 6.86. The molecule has 9 heavy (non-hydrogen) atoms. The van der Waals surface area contributed by atoms with Crippen LogP contribution >= 0.6 is 0 Å². The molecule has 54 valence electrons. The fraction of sp³-hybridized carbons (Fsp3) is 1.00. The summed E-state index contributed by atoms with van der Waals surface area (Å²) in [6.07, 6.45) is 0. The van der Waals surface area contributed by atoms with Crippen molar-refractivity contribution in [2.45, 2.75) is 26.4 Å². The van der Waals surface area contributed by atoms with Crippen molar-refractivity contribution >= 4 is 21.8 Å². The van der Waals surface area contributed by atoms with Crippen LogP contribution in [0.4, 0.5) is 0 Å². The van der Waals surface area contributed by atoms with Crippen molar-refractivity contribution in [2.24, 2.45) is 0 Å². The van der Waals surface area contributed by atoms with Gasteiger partial charge < -0.3 is 0 Å². The summed E-state index contributed by atoms with van der Waals surface area (Å²) >= 11 is -0.676. The Morgan fingerprint density at radius 2 is 1.67 bits per heavy atom. The average Bonchev–Trinajstić information content (AvgIpc) is 1.59. The van der Waals surface area contributed by atoms with Crippen LogP contribution in [0.1, 0.15) is 20.8 Å². The monoisotopic (exact) mass is 237 g/mol. The zero-order chi connectivity index (χ0) is 7.49. The summed E-state index contributed by atoms with van der Waals surface area (Å²) in [6, 6.07) is 0. The predicted octanol–water partition coefficient (Wildman–Crippen LogP) is 0.897. The third kappa shape index (κ3) is 8.72. The standard InChI is InChI=1S/C4H9O.C2H6N.Sn/c1-4(2,3)5;1-3-2;/h1-3H3;1-2H3;/q2*-1;+2. The first-order valence-electron chi connectivity index (χ1n) is 3.03. The van der Waals surface area contributed by atoms with Gasteiger partial charge in [-0.25, -0.2) is 0 Å². The Balaban J connectivity index is 3.28. The van der Waals surface area contributed by atoms with E-state index in [1.165, 1.54) is 0 Å². The summed E-state index contributed by atoms with van der Waals surface area (Å²) in [4.78, 5) is 0. The van der Waals surface area contributed by atoms with Crippen molar-refractivity contribution in [2.75, 3.05) is 14.1 Å². The molecule has 0 aliphatic heterocycles. The minimum atomic E-state index is -0.676. The molecule has 2 nitrogen and oxygen atoms in total. The van der Waals surface area contributed by atoms with Crippen LogP contribution < -0.4 is 0 Å². The van der Waals surface area contributed by atoms with Crippen LogP contribution in [0, 0.1) is 0 Å². The minimum absolute atomic E-state index is 0.0659. The van der Waals surface area contributed by atoms with Gasteiger partial charge in [0.05, 0.1) is 0 Å². The Kier molecular flexibility index (Phi) is 4.08. The van der Waals surface area contributed by atoms with Crippen LogP contribution in [-0.4, -0.2) is 44.6 Å². The van der Waals surface area contributed by atoms with Crippen LogP contribution in [-0.2, 0) is 3.07 Å². The molecule has 0 aromatic rings. The number of hydrogen-bond acceptors (Lipinski definition) is 2. The van der Waals surface area contributed by atoms with Gasteiger partial charge in [-0.05, 0) is 0 Å². The molecule has 0 aromatic heterocycles. The summed E-state index contributed by atoms with van der Waals surface area (Å²) in [5, 5.41) is 0. The van der Waals surface area contributed by atoms with E-state index in [1.54, 1.807) is 0 Å². The molecular weight excluding hydrogens is 221 g/mol. The van der Waals surface area contributed by atoms with Crippen molar-refractivity contribution in [1.82, 2.24) is 3.12 Å². The number of rotatable bonds is 2. The van der Waals surface area contributed by atoms with Gasteiger partial charge in [0.2, 0.25) is 0 Å². The van der Waals surface area contributed by atoms with Crippen LogP contribution in [0.25, 0.3) is 0 Å². The zero-order valence-electron chi connectivity index (χ0n) is 6.86. The number of nitrogens with zero attached hydrogens (tertiary/aromatic N) is 1. The Labute approximate surface area is 68.7 Å². The van der Waals surface area contributed by atoms with Crippen molar-refractivity contribution < 1.29 is 3.07 Å². The van der Waals surface area contributed by atoms with Gasteiger partial charge in [0, 0.05) is 0 Å². The fourth-order valence-electron chi connectivity index (χ4n) is 0.228. The molecule has 0 rings (SSSR count). The molecule has 0 saturated carbocycles. The van der Waals surface area contributed by atoms with Crippen molar-refractivity contribution in [3.8, 4) is 0 Å². The molecule has 0 aliphatic rings. The average molecular weight is 236 g/mol. The molecule has 0 saturated heterocycles. The van der Waals surface area contributed by atoms with Crippen LogP contribution in [0.5, 0.6) is 0 Å². The molecule has 0 fully saturated rings. The normalized spacial score (nSPS) is 12.7. The van der Waals surface area contributed by atoms with E-state index in [9.17, 15) is 0 Å². The van der Waals surface area contributed by atoms with E-state index in [4.69, 9.17) is 3.07 Å². The van der Waals surface area contributed by atoms with Crippen molar-refractivity contribution in [3.63, 3.8) is 0 Å². The first-order valence-corrected chi connectivity index (χ1v) is 5.47. The van der Waals surface area contributed by atoms with E-state index < -0.39 is 21.8 Å². The summed E-state index contributed by atoms with van der Waals surface area (Å²) in [5.74, 6) is 0. The molecule has 3 heteroatoms. The molecule has 0 heterocycles. The maximum absolute atomic E-state index is 5.59. The van der Waals surface area contributed by atoms with Gasteiger partial charge >= 0.3 is 68.5 Å². The second-order valence-electron chi connectivity index (χ2n) is 3.20. The summed E-state index contributed by atoms with van der Waals surface area (Å²) < 4.78 is 7.76. The number of hydrogen-bond donors (Lipinski definition) is 0. The SMILES string of the molecule is C[N](C)[Sn][O]C(C)(C)C. The van der Waals surface area contributed by atoms with Crippen molar-refractivity contribution in [3.05, 3.63) is 0 Å². The third-order valence-electron chi connectivity index (χ3n) is 0.534. The topological polar surface area (TPSA) is 12.5 Å². The van der Waals surface area contributed by atoms with Crippen LogP contribution in [0.3, 0.4) is 0 Å². The summed E-state index contributed by atoms with van der Waals surface area (Å²) in [6.45, 7) is 6.28. The molecule has 0 unspecified atom stereocenters. The Bertz CT molecular complexity index is 77.6. The molecule has 0 N–H and O–H groups in total. The van der Waals surface area contributed by atoms with E-state index in [1.807, 2.05) is 0 Å². The second kappa shape index (κ2) is 3.78. The molecule has 0 atom stereocenters. The fourth-order valence-corrected chi connectivity index (χ4v) is 1.53. The molecule has 0 bridgehead atoms. The summed E-state index contributed by atoms with van der Waals surface area (Å²) in [5.41, 5.74) is 0.0659. The van der Waals surface area contributed by atoms with E-state index in [2.05, 4.69) is 38.0 Å². The van der Waals surface area contributed by atoms with E-state index in [-0.39, 0.29) is 5.60 Å². The van der Waals surface area contributed by atoms with Gasteiger partial charge in [0.15, 0.2) is 0 Å². The zero-order valence-corrected chi connectivity index (χ0v) is 9.71. The predicted molar refractivity (Wildman–Crippen MR) is 40.3 cm³/mol. The van der Waals surface area contributed by atoms with E-state index in [0.717, 1.165) is 0 Å². The third-order valence-corrected chi connectivity index (χ3v) is 3.58. The molecule has 0 spiro atoms. The molecular formula is C6H15NOSn. The molecule has 0 aliphatic carbocycles. The van der Waals surface area contributed by atoms with Gasteiger partial charge in [0.25, 0.3) is 0 Å². The molecule has 0 amide bonds. The first kappa shape index (κ1) is 9.72.